The van der Waals surface area contributed by atoms with E-state index < -0.39 is 12.1 Å². The van der Waals surface area contributed by atoms with E-state index in [2.05, 4.69) is 17.6 Å². The van der Waals surface area contributed by atoms with Crippen molar-refractivity contribution in [2.24, 2.45) is 5.92 Å². The van der Waals surface area contributed by atoms with Crippen molar-refractivity contribution in [1.82, 2.24) is 5.32 Å². The van der Waals surface area contributed by atoms with Crippen LogP contribution in [0.3, 0.4) is 0 Å². The first-order valence-electron chi connectivity index (χ1n) is 7.31. The average Bonchev–Trinajstić information content (AvgIpc) is 2.44. The molecule has 0 fully saturated rings. The second-order valence-electron chi connectivity index (χ2n) is 5.13. The van der Waals surface area contributed by atoms with Gasteiger partial charge in [-0.3, -0.25) is 4.79 Å². The third-order valence-electron chi connectivity index (χ3n) is 3.10. The van der Waals surface area contributed by atoms with Gasteiger partial charge >= 0.3 is 6.09 Å². The van der Waals surface area contributed by atoms with Crippen LogP contribution in [0, 0.1) is 5.92 Å². The highest BCUT2D eigenvalue weighted by Gasteiger charge is 2.24. The van der Waals surface area contributed by atoms with E-state index >= 15 is 0 Å². The first-order chi connectivity index (χ1) is 9.97. The molecule has 0 heterocycles. The zero-order valence-corrected chi connectivity index (χ0v) is 13.1. The van der Waals surface area contributed by atoms with E-state index in [0.29, 0.717) is 0 Å². The first kappa shape index (κ1) is 17.0. The summed E-state index contributed by atoms with van der Waals surface area (Å²) in [5, 5.41) is 5.43. The van der Waals surface area contributed by atoms with Gasteiger partial charge in [-0.05, 0) is 37.0 Å². The third kappa shape index (κ3) is 5.45. The van der Waals surface area contributed by atoms with E-state index in [9.17, 15) is 9.59 Å². The molecule has 2 N–H and O–H groups in total. The van der Waals surface area contributed by atoms with Gasteiger partial charge in [0.2, 0.25) is 5.91 Å². The Morgan fingerprint density at radius 3 is 2.52 bits per heavy atom. The van der Waals surface area contributed by atoms with Crippen LogP contribution < -0.4 is 10.6 Å². The minimum atomic E-state index is -0.630. The second-order valence-corrected chi connectivity index (χ2v) is 5.13. The molecule has 0 saturated carbocycles. The molecule has 0 aromatic heterocycles. The summed E-state index contributed by atoms with van der Waals surface area (Å²) in [5.41, 5.74) is 1.88. The molecule has 0 bridgehead atoms. The Balaban J connectivity index is 2.74. The number of rotatable bonds is 6. The molecule has 0 saturated heterocycles. The van der Waals surface area contributed by atoms with Gasteiger partial charge in [0.15, 0.2) is 0 Å². The minimum absolute atomic E-state index is 0.0382. The summed E-state index contributed by atoms with van der Waals surface area (Å²) in [7, 11) is 0. The maximum atomic E-state index is 12.3. The van der Waals surface area contributed by atoms with Crippen LogP contribution in [-0.2, 0) is 16.0 Å². The molecule has 1 rings (SSSR count). The van der Waals surface area contributed by atoms with E-state index in [-0.39, 0.29) is 18.4 Å². The Hall–Kier alpha value is -2.04. The lowest BCUT2D eigenvalue weighted by atomic mass is 10.0. The molecule has 1 atom stereocenters. The molecule has 0 spiro atoms. The van der Waals surface area contributed by atoms with Crippen molar-refractivity contribution in [2.75, 3.05) is 11.9 Å². The third-order valence-corrected chi connectivity index (χ3v) is 3.10. The molecule has 0 unspecified atom stereocenters. The Labute approximate surface area is 126 Å². The monoisotopic (exact) mass is 292 g/mol. The molecule has 0 aliphatic carbocycles. The molecule has 1 aromatic rings. The van der Waals surface area contributed by atoms with Gasteiger partial charge in [-0.25, -0.2) is 4.79 Å². The molecule has 0 radical (unpaired) electrons. The van der Waals surface area contributed by atoms with Crippen LogP contribution in [0.2, 0.25) is 0 Å². The van der Waals surface area contributed by atoms with E-state index in [1.54, 1.807) is 6.92 Å². The van der Waals surface area contributed by atoms with Crippen molar-refractivity contribution in [3.8, 4) is 0 Å². The van der Waals surface area contributed by atoms with Crippen molar-refractivity contribution in [2.45, 2.75) is 40.2 Å². The van der Waals surface area contributed by atoms with Crippen molar-refractivity contribution < 1.29 is 14.3 Å². The molecule has 0 aliphatic rings. The Bertz CT molecular complexity index is 486. The van der Waals surface area contributed by atoms with Crippen LogP contribution in [0.1, 0.15) is 33.3 Å². The lowest BCUT2D eigenvalue weighted by molar-refractivity contribution is -0.119. The van der Waals surface area contributed by atoms with E-state index in [4.69, 9.17) is 4.74 Å². The average molecular weight is 292 g/mol. The number of ether oxygens (including phenoxy) is 1. The minimum Gasteiger partial charge on any atom is -0.450 e. The summed E-state index contributed by atoms with van der Waals surface area (Å²) in [6.07, 6.45) is 0.326. The smallest absolute Gasteiger partial charge is 0.407 e. The standard InChI is InChI=1S/C16H24N2O3/c1-5-12-8-7-9-13(10-12)17-15(19)14(11(3)4)18-16(20)21-6-2/h7-11,14H,5-6H2,1-4H3,(H,17,19)(H,18,20)/t14-/m1/s1. The summed E-state index contributed by atoms with van der Waals surface area (Å²) in [6, 6.07) is 7.04. The number of anilines is 1. The fourth-order valence-corrected chi connectivity index (χ4v) is 1.92. The van der Waals surface area contributed by atoms with Crippen LogP contribution in [-0.4, -0.2) is 24.6 Å². The zero-order chi connectivity index (χ0) is 15.8. The number of hydrogen-bond donors (Lipinski definition) is 2. The number of aryl methyl sites for hydroxylation is 1. The van der Waals surface area contributed by atoms with Gasteiger partial charge in [0.1, 0.15) is 6.04 Å². The lowest BCUT2D eigenvalue weighted by Crippen LogP contribution is -2.47. The van der Waals surface area contributed by atoms with Crippen LogP contribution in [0.5, 0.6) is 0 Å². The number of carbonyl (C=O) groups excluding carboxylic acids is 2. The van der Waals surface area contributed by atoms with Gasteiger partial charge in [0.25, 0.3) is 0 Å². The lowest BCUT2D eigenvalue weighted by Gasteiger charge is -2.21. The molecular formula is C16H24N2O3. The number of nitrogens with one attached hydrogen (secondary N) is 2. The number of carbonyl (C=O) groups is 2. The zero-order valence-electron chi connectivity index (χ0n) is 13.1. The van der Waals surface area contributed by atoms with Crippen molar-refractivity contribution in [3.63, 3.8) is 0 Å². The molecule has 5 heteroatoms. The van der Waals surface area contributed by atoms with Crippen molar-refractivity contribution in [1.29, 1.82) is 0 Å². The van der Waals surface area contributed by atoms with Crippen LogP contribution >= 0.6 is 0 Å². The molecule has 116 valence electrons. The Morgan fingerprint density at radius 2 is 1.95 bits per heavy atom. The maximum absolute atomic E-state index is 12.3. The number of amides is 2. The van der Waals surface area contributed by atoms with Gasteiger partial charge in [-0.1, -0.05) is 32.9 Å². The van der Waals surface area contributed by atoms with Crippen LogP contribution in [0.15, 0.2) is 24.3 Å². The Kier molecular flexibility index (Phi) is 6.72. The molecule has 1 aromatic carbocycles. The van der Waals surface area contributed by atoms with Crippen molar-refractivity contribution >= 4 is 17.7 Å². The molecular weight excluding hydrogens is 268 g/mol. The van der Waals surface area contributed by atoms with Crippen molar-refractivity contribution in [3.05, 3.63) is 29.8 Å². The number of alkyl carbamates (subject to hydrolysis) is 1. The normalized spacial score (nSPS) is 11.9. The van der Waals surface area contributed by atoms with Crippen LogP contribution in [0.25, 0.3) is 0 Å². The predicted octanol–water partition coefficient (Wildman–Crippen LogP) is 2.96. The fourth-order valence-electron chi connectivity index (χ4n) is 1.92. The molecule has 2 amide bonds. The summed E-state index contributed by atoms with van der Waals surface area (Å²) in [5.74, 6) is -0.282. The topological polar surface area (TPSA) is 67.4 Å². The summed E-state index contributed by atoms with van der Waals surface area (Å²) < 4.78 is 4.83. The van der Waals surface area contributed by atoms with Gasteiger partial charge in [0, 0.05) is 5.69 Å². The highest BCUT2D eigenvalue weighted by atomic mass is 16.5. The highest BCUT2D eigenvalue weighted by Crippen LogP contribution is 2.13. The summed E-state index contributed by atoms with van der Waals surface area (Å²) >= 11 is 0. The largest absolute Gasteiger partial charge is 0.450 e. The second kappa shape index (κ2) is 8.29. The maximum Gasteiger partial charge on any atom is 0.407 e. The molecule has 21 heavy (non-hydrogen) atoms. The Morgan fingerprint density at radius 1 is 1.24 bits per heavy atom. The van der Waals surface area contributed by atoms with E-state index in [1.807, 2.05) is 38.1 Å². The van der Waals surface area contributed by atoms with Crippen LogP contribution in [0.4, 0.5) is 10.5 Å². The van der Waals surface area contributed by atoms with Gasteiger partial charge in [-0.2, -0.15) is 0 Å². The van der Waals surface area contributed by atoms with Gasteiger partial charge < -0.3 is 15.4 Å². The SMILES string of the molecule is CCOC(=O)N[C@@H](C(=O)Nc1cccc(CC)c1)C(C)C. The first-order valence-corrected chi connectivity index (χ1v) is 7.31. The highest BCUT2D eigenvalue weighted by molar-refractivity contribution is 5.96. The number of benzene rings is 1. The summed E-state index contributed by atoms with van der Waals surface area (Å²) in [4.78, 5) is 23.8. The molecule has 5 nitrogen and oxygen atoms in total. The van der Waals surface area contributed by atoms with Gasteiger partial charge in [0.05, 0.1) is 6.61 Å². The summed E-state index contributed by atoms with van der Waals surface area (Å²) in [6.45, 7) is 7.80. The van der Waals surface area contributed by atoms with E-state index in [0.717, 1.165) is 17.7 Å². The van der Waals surface area contributed by atoms with E-state index in [1.165, 1.54) is 0 Å². The quantitative estimate of drug-likeness (QED) is 0.847. The van der Waals surface area contributed by atoms with Gasteiger partial charge in [-0.15, -0.1) is 0 Å². The fraction of sp³-hybridized carbons (Fsp3) is 0.500. The predicted molar refractivity (Wildman–Crippen MR) is 83.2 cm³/mol. The molecule has 0 aliphatic heterocycles. The number of hydrogen-bond acceptors (Lipinski definition) is 3.